The third kappa shape index (κ3) is 3.90. The summed E-state index contributed by atoms with van der Waals surface area (Å²) in [6.45, 7) is 0.476. The summed E-state index contributed by atoms with van der Waals surface area (Å²) in [7, 11) is 0. The molecular formula is C24H19BrF3N3O3S. The summed E-state index contributed by atoms with van der Waals surface area (Å²) in [5.41, 5.74) is 1.31. The van der Waals surface area contributed by atoms with Gasteiger partial charge in [0.05, 0.1) is 0 Å². The van der Waals surface area contributed by atoms with Crippen LogP contribution in [0.1, 0.15) is 40.1 Å². The van der Waals surface area contributed by atoms with E-state index in [2.05, 4.69) is 15.9 Å². The normalized spacial score (nSPS) is 18.4. The molecule has 2 aromatic carbocycles. The number of amides is 1. The topological polar surface area (TPSA) is 65.8 Å². The molecule has 0 saturated carbocycles. The van der Waals surface area contributed by atoms with Crippen molar-refractivity contribution in [2.75, 3.05) is 11.7 Å². The van der Waals surface area contributed by atoms with Gasteiger partial charge in [0.1, 0.15) is 18.8 Å². The second-order valence-corrected chi connectivity index (χ2v) is 10.2. The number of hydrogen-bond acceptors (Lipinski definition) is 5. The van der Waals surface area contributed by atoms with E-state index in [0.717, 1.165) is 39.0 Å². The molecule has 182 valence electrons. The zero-order valence-electron chi connectivity index (χ0n) is 18.3. The Balaban J connectivity index is 1.80. The Kier molecular flexibility index (Phi) is 5.87. The van der Waals surface area contributed by atoms with Crippen molar-refractivity contribution in [3.8, 4) is 5.75 Å². The minimum absolute atomic E-state index is 0.417. The zero-order chi connectivity index (χ0) is 25.1. The minimum atomic E-state index is -4.70. The van der Waals surface area contributed by atoms with Crippen molar-refractivity contribution in [1.82, 2.24) is 9.58 Å². The summed E-state index contributed by atoms with van der Waals surface area (Å²) in [5.74, 6) is -1.31. The molecule has 1 aromatic heterocycles. The van der Waals surface area contributed by atoms with Crippen molar-refractivity contribution in [3.63, 3.8) is 0 Å². The van der Waals surface area contributed by atoms with Crippen LogP contribution >= 0.6 is 27.7 Å². The molecule has 0 fully saturated rings. The van der Waals surface area contributed by atoms with Crippen molar-refractivity contribution in [1.29, 1.82) is 0 Å². The molecular weight excluding hydrogens is 547 g/mol. The van der Waals surface area contributed by atoms with Crippen LogP contribution < -0.4 is 10.4 Å². The molecule has 1 N–H and O–H groups in total. The third-order valence-electron chi connectivity index (χ3n) is 6.34. The molecule has 2 aliphatic rings. The van der Waals surface area contributed by atoms with Crippen molar-refractivity contribution in [2.24, 2.45) is 0 Å². The fraction of sp³-hybridized carbons (Fsp3) is 0.250. The number of carbonyl (C=O) groups excluding carboxylic acids is 1. The second kappa shape index (κ2) is 8.63. The number of halogens is 4. The van der Waals surface area contributed by atoms with Crippen LogP contribution in [0.25, 0.3) is 0 Å². The highest BCUT2D eigenvalue weighted by atomic mass is 79.9. The van der Waals surface area contributed by atoms with Crippen LogP contribution in [0.4, 0.5) is 13.2 Å². The standard InChI is InChI=1S/C24H19BrF3N3O3S/c1-13(24(26,27)28)29-12-31(30-10-9-17(32)22(33)21(30)23(29)34)20-15-6-2-3-8-18(15)35-11-14-5-4-7-16(25)19(14)20/h2-10,13,20,33H,11-12H2,1H3/t13-,20+/m1/s1. The molecule has 0 unspecified atom stereocenters. The van der Waals surface area contributed by atoms with Gasteiger partial charge in [-0.15, -0.1) is 11.8 Å². The van der Waals surface area contributed by atoms with E-state index in [1.807, 2.05) is 42.5 Å². The van der Waals surface area contributed by atoms with Gasteiger partial charge in [-0.2, -0.15) is 13.2 Å². The molecule has 5 rings (SSSR count). The zero-order valence-corrected chi connectivity index (χ0v) is 20.7. The van der Waals surface area contributed by atoms with E-state index in [0.29, 0.717) is 10.7 Å². The van der Waals surface area contributed by atoms with Crippen LogP contribution in [0.15, 0.2) is 68.9 Å². The van der Waals surface area contributed by atoms with Crippen LogP contribution in [0.3, 0.4) is 0 Å². The molecule has 0 spiro atoms. The largest absolute Gasteiger partial charge is 0.502 e. The van der Waals surface area contributed by atoms with Gasteiger partial charge in [-0.1, -0.05) is 46.3 Å². The van der Waals surface area contributed by atoms with E-state index in [1.54, 1.807) is 16.8 Å². The van der Waals surface area contributed by atoms with Gasteiger partial charge in [0.25, 0.3) is 5.91 Å². The first-order chi connectivity index (χ1) is 16.6. The number of aromatic nitrogens is 1. The van der Waals surface area contributed by atoms with Crippen LogP contribution in [0.5, 0.6) is 5.75 Å². The summed E-state index contributed by atoms with van der Waals surface area (Å²) in [6, 6.07) is 11.6. The van der Waals surface area contributed by atoms with Gasteiger partial charge < -0.3 is 10.0 Å². The monoisotopic (exact) mass is 565 g/mol. The van der Waals surface area contributed by atoms with Crippen LogP contribution in [-0.2, 0) is 5.75 Å². The van der Waals surface area contributed by atoms with E-state index in [-0.39, 0.29) is 0 Å². The molecule has 2 aliphatic heterocycles. The smallest absolute Gasteiger partial charge is 0.408 e. The number of nitrogens with zero attached hydrogens (tertiary/aromatic N) is 3. The Morgan fingerprint density at radius 1 is 1.11 bits per heavy atom. The van der Waals surface area contributed by atoms with Crippen molar-refractivity contribution >= 4 is 33.6 Å². The van der Waals surface area contributed by atoms with Gasteiger partial charge in [-0.3, -0.25) is 19.3 Å². The Labute approximate surface area is 211 Å². The highest BCUT2D eigenvalue weighted by molar-refractivity contribution is 9.10. The fourth-order valence-electron chi connectivity index (χ4n) is 4.51. The lowest BCUT2D eigenvalue weighted by Crippen LogP contribution is -2.60. The van der Waals surface area contributed by atoms with E-state index < -0.39 is 47.7 Å². The molecule has 0 saturated heterocycles. The Bertz CT molecular complexity index is 1390. The fourth-order valence-corrected chi connectivity index (χ4v) is 6.22. The lowest BCUT2D eigenvalue weighted by atomic mass is 9.94. The van der Waals surface area contributed by atoms with Crippen molar-refractivity contribution in [2.45, 2.75) is 35.8 Å². The molecule has 1 amide bonds. The van der Waals surface area contributed by atoms with Crippen molar-refractivity contribution in [3.05, 3.63) is 91.8 Å². The Hall–Kier alpha value is -2.92. The van der Waals surface area contributed by atoms with E-state index in [1.165, 1.54) is 10.9 Å². The molecule has 3 heterocycles. The van der Waals surface area contributed by atoms with Gasteiger partial charge in [0.2, 0.25) is 5.43 Å². The molecule has 0 aliphatic carbocycles. The van der Waals surface area contributed by atoms with Crippen LogP contribution in [0, 0.1) is 0 Å². The highest BCUT2D eigenvalue weighted by Gasteiger charge is 2.47. The SMILES string of the molecule is C[C@@H](N1CN([C@H]2c3ccccc3SCc3cccc(Br)c32)n2ccc(=O)c(O)c2C1=O)C(F)(F)F. The molecule has 0 radical (unpaired) electrons. The van der Waals surface area contributed by atoms with Crippen LogP contribution in [-0.4, -0.2) is 39.5 Å². The van der Waals surface area contributed by atoms with Gasteiger partial charge in [0.15, 0.2) is 11.4 Å². The lowest BCUT2D eigenvalue weighted by Gasteiger charge is -2.46. The maximum Gasteiger partial charge on any atom is 0.408 e. The van der Waals surface area contributed by atoms with Crippen LogP contribution in [0.2, 0.25) is 0 Å². The van der Waals surface area contributed by atoms with Gasteiger partial charge in [0, 0.05) is 27.4 Å². The maximum atomic E-state index is 13.8. The quantitative estimate of drug-likeness (QED) is 0.473. The number of alkyl halides is 3. The number of thioether (sulfide) groups is 1. The maximum absolute atomic E-state index is 13.8. The first-order valence-corrected chi connectivity index (χ1v) is 12.5. The highest BCUT2D eigenvalue weighted by Crippen LogP contribution is 2.45. The summed E-state index contributed by atoms with van der Waals surface area (Å²) >= 11 is 5.24. The summed E-state index contributed by atoms with van der Waals surface area (Å²) in [5, 5.41) is 12.1. The molecule has 11 heteroatoms. The molecule has 0 bridgehead atoms. The number of benzene rings is 2. The average molecular weight is 566 g/mol. The van der Waals surface area contributed by atoms with Gasteiger partial charge in [-0.25, -0.2) is 0 Å². The summed E-state index contributed by atoms with van der Waals surface area (Å²) in [4.78, 5) is 27.0. The second-order valence-electron chi connectivity index (χ2n) is 8.34. The predicted molar refractivity (Wildman–Crippen MR) is 129 cm³/mol. The number of fused-ring (bicyclic) bond motifs is 3. The summed E-state index contributed by atoms with van der Waals surface area (Å²) in [6.07, 6.45) is -3.38. The number of carbonyl (C=O) groups is 1. The number of rotatable bonds is 2. The van der Waals surface area contributed by atoms with E-state index >= 15 is 0 Å². The first kappa shape index (κ1) is 23.8. The van der Waals surface area contributed by atoms with Gasteiger partial charge in [-0.05, 0) is 35.7 Å². The molecule has 3 aromatic rings. The van der Waals surface area contributed by atoms with E-state index in [9.17, 15) is 27.9 Å². The van der Waals surface area contributed by atoms with Gasteiger partial charge >= 0.3 is 6.18 Å². The Morgan fingerprint density at radius 3 is 2.60 bits per heavy atom. The minimum Gasteiger partial charge on any atom is -0.502 e. The number of pyridine rings is 1. The van der Waals surface area contributed by atoms with Crippen molar-refractivity contribution < 1.29 is 23.1 Å². The Morgan fingerprint density at radius 2 is 1.86 bits per heavy atom. The first-order valence-electron chi connectivity index (χ1n) is 10.7. The molecule has 35 heavy (non-hydrogen) atoms. The average Bonchev–Trinajstić information content (AvgIpc) is 2.98. The van der Waals surface area contributed by atoms with E-state index in [4.69, 9.17) is 0 Å². The lowest BCUT2D eigenvalue weighted by molar-refractivity contribution is -0.173. The molecule has 2 atom stereocenters. The third-order valence-corrected chi connectivity index (χ3v) is 8.17. The number of aromatic hydroxyl groups is 1. The summed E-state index contributed by atoms with van der Waals surface area (Å²) < 4.78 is 43.4. The molecule has 6 nitrogen and oxygen atoms in total. The predicted octanol–water partition coefficient (Wildman–Crippen LogP) is 5.01. The number of hydrogen-bond donors (Lipinski definition) is 1.